The molecule has 0 saturated carbocycles. The van der Waals surface area contributed by atoms with Gasteiger partial charge in [0, 0.05) is 24.1 Å². The van der Waals surface area contributed by atoms with Gasteiger partial charge in [0.2, 0.25) is 0 Å². The van der Waals surface area contributed by atoms with Gasteiger partial charge in [-0.3, -0.25) is 0 Å². The largest absolute Gasteiger partial charge is 0.371 e. The Bertz CT molecular complexity index is 504. The van der Waals surface area contributed by atoms with Crippen LogP contribution in [0.4, 0.5) is 5.82 Å². The number of nitrogens with zero attached hydrogens (tertiary/aromatic N) is 2. The normalized spacial score (nSPS) is 13.8. The van der Waals surface area contributed by atoms with Gasteiger partial charge in [-0.15, -0.1) is 5.10 Å². The topological polar surface area (TPSA) is 29.9 Å². The summed E-state index contributed by atoms with van der Waals surface area (Å²) in [5.74, 6) is 3.14. The van der Waals surface area contributed by atoms with Gasteiger partial charge in [-0.05, 0) is 12.1 Å². The third-order valence-electron chi connectivity index (χ3n) is 2.81. The van der Waals surface area contributed by atoms with Crippen molar-refractivity contribution >= 4 is 17.6 Å². The average Bonchev–Trinajstić information content (AvgIpc) is 2.91. The highest BCUT2D eigenvalue weighted by Gasteiger charge is 2.22. The lowest BCUT2D eigenvalue weighted by molar-refractivity contribution is 0.845. The summed E-state index contributed by atoms with van der Waals surface area (Å²) >= 11 is 1.95. The van der Waals surface area contributed by atoms with Crippen molar-refractivity contribution in [3.63, 3.8) is 0 Å². The average molecular weight is 231 g/mol. The van der Waals surface area contributed by atoms with E-state index >= 15 is 0 Å². The van der Waals surface area contributed by atoms with E-state index in [2.05, 4.69) is 27.2 Å². The first-order valence-electron chi connectivity index (χ1n) is 5.32. The molecule has 1 aliphatic heterocycles. The number of para-hydroxylation sites is 1. The molecular formula is C12H13N3S. The summed E-state index contributed by atoms with van der Waals surface area (Å²) in [5, 5.41) is 7.78. The van der Waals surface area contributed by atoms with E-state index in [0.29, 0.717) is 0 Å². The Morgan fingerprint density at radius 3 is 2.81 bits per heavy atom. The third-order valence-corrected chi connectivity index (χ3v) is 3.78. The van der Waals surface area contributed by atoms with Gasteiger partial charge in [0.1, 0.15) is 0 Å². The van der Waals surface area contributed by atoms with Gasteiger partial charge >= 0.3 is 0 Å². The van der Waals surface area contributed by atoms with Crippen LogP contribution < -0.4 is 5.32 Å². The Morgan fingerprint density at radius 1 is 1.25 bits per heavy atom. The molecule has 0 amide bonds. The number of benzene rings is 1. The Balaban J connectivity index is 2.15. The highest BCUT2D eigenvalue weighted by atomic mass is 32.2. The molecule has 0 atom stereocenters. The van der Waals surface area contributed by atoms with Crippen molar-refractivity contribution in [1.82, 2.24) is 9.78 Å². The summed E-state index contributed by atoms with van der Waals surface area (Å²) in [6.45, 7) is 0. The van der Waals surface area contributed by atoms with Crippen molar-refractivity contribution in [1.29, 1.82) is 0 Å². The summed E-state index contributed by atoms with van der Waals surface area (Å²) in [4.78, 5) is 0. The van der Waals surface area contributed by atoms with Gasteiger partial charge in [-0.2, -0.15) is 11.8 Å². The van der Waals surface area contributed by atoms with Gasteiger partial charge in [-0.1, -0.05) is 18.2 Å². The maximum Gasteiger partial charge on any atom is 0.152 e. The third kappa shape index (κ3) is 1.41. The molecule has 0 spiro atoms. The Morgan fingerprint density at radius 2 is 2.06 bits per heavy atom. The van der Waals surface area contributed by atoms with Gasteiger partial charge in [-0.25, -0.2) is 4.68 Å². The van der Waals surface area contributed by atoms with E-state index < -0.39 is 0 Å². The summed E-state index contributed by atoms with van der Waals surface area (Å²) in [5.41, 5.74) is 3.83. The number of hydrogen-bond acceptors (Lipinski definition) is 3. The van der Waals surface area contributed by atoms with E-state index in [1.165, 1.54) is 11.3 Å². The summed E-state index contributed by atoms with van der Waals surface area (Å²) < 4.78 is 2.06. The minimum atomic E-state index is 1.02. The summed E-state index contributed by atoms with van der Waals surface area (Å²) in [6.07, 6.45) is 0. The van der Waals surface area contributed by atoms with Crippen molar-refractivity contribution in [2.24, 2.45) is 0 Å². The number of rotatable bonds is 2. The van der Waals surface area contributed by atoms with Crippen molar-refractivity contribution in [3.05, 3.63) is 41.6 Å². The number of aromatic nitrogens is 2. The Labute approximate surface area is 98.9 Å². The second kappa shape index (κ2) is 3.87. The minimum absolute atomic E-state index is 1.02. The molecule has 4 heteroatoms. The Kier molecular flexibility index (Phi) is 2.36. The van der Waals surface area contributed by atoms with Gasteiger partial charge in [0.25, 0.3) is 0 Å². The lowest BCUT2D eigenvalue weighted by atomic mass is 10.2. The van der Waals surface area contributed by atoms with Crippen LogP contribution in [0.5, 0.6) is 0 Å². The second-order valence-corrected chi connectivity index (χ2v) is 4.75. The van der Waals surface area contributed by atoms with Crippen LogP contribution in [-0.2, 0) is 11.5 Å². The molecule has 3 rings (SSSR count). The SMILES string of the molecule is CNc1nn(-c2ccccc2)c2c1CSC2. The monoisotopic (exact) mass is 231 g/mol. The van der Waals surface area contributed by atoms with Crippen molar-refractivity contribution in [2.75, 3.05) is 12.4 Å². The van der Waals surface area contributed by atoms with Crippen LogP contribution in [0.3, 0.4) is 0 Å². The molecule has 1 aliphatic rings. The number of nitrogens with one attached hydrogen (secondary N) is 1. The molecule has 0 unspecified atom stereocenters. The smallest absolute Gasteiger partial charge is 0.152 e. The zero-order valence-corrected chi connectivity index (χ0v) is 9.92. The first kappa shape index (κ1) is 9.78. The molecule has 0 fully saturated rings. The molecule has 82 valence electrons. The lowest BCUT2D eigenvalue weighted by Crippen LogP contribution is -2.00. The number of fused-ring (bicyclic) bond motifs is 1. The van der Waals surface area contributed by atoms with Crippen LogP contribution in [0.25, 0.3) is 5.69 Å². The molecule has 1 N–H and O–H groups in total. The van der Waals surface area contributed by atoms with Crippen LogP contribution in [0.2, 0.25) is 0 Å². The molecule has 3 nitrogen and oxygen atoms in total. The number of anilines is 1. The quantitative estimate of drug-likeness (QED) is 0.861. The van der Waals surface area contributed by atoms with E-state index in [-0.39, 0.29) is 0 Å². The van der Waals surface area contributed by atoms with Crippen LogP contribution in [0, 0.1) is 0 Å². The van der Waals surface area contributed by atoms with Crippen molar-refractivity contribution < 1.29 is 0 Å². The molecule has 0 bridgehead atoms. The predicted octanol–water partition coefficient (Wildman–Crippen LogP) is 2.66. The molecule has 0 radical (unpaired) electrons. The molecule has 1 aromatic carbocycles. The minimum Gasteiger partial charge on any atom is -0.371 e. The molecule has 16 heavy (non-hydrogen) atoms. The molecular weight excluding hydrogens is 218 g/mol. The first-order chi connectivity index (χ1) is 7.90. The number of thioether (sulfide) groups is 1. The maximum absolute atomic E-state index is 4.61. The van der Waals surface area contributed by atoms with Gasteiger partial charge in [0.15, 0.2) is 5.82 Å². The van der Waals surface area contributed by atoms with E-state index in [9.17, 15) is 0 Å². The van der Waals surface area contributed by atoms with Crippen molar-refractivity contribution in [3.8, 4) is 5.69 Å². The fourth-order valence-electron chi connectivity index (χ4n) is 2.02. The highest BCUT2D eigenvalue weighted by molar-refractivity contribution is 7.98. The fraction of sp³-hybridized carbons (Fsp3) is 0.250. The zero-order chi connectivity index (χ0) is 11.0. The first-order valence-corrected chi connectivity index (χ1v) is 6.47. The highest BCUT2D eigenvalue weighted by Crippen LogP contribution is 2.35. The van der Waals surface area contributed by atoms with Gasteiger partial charge in [0.05, 0.1) is 11.4 Å². The van der Waals surface area contributed by atoms with Gasteiger partial charge < -0.3 is 5.32 Å². The molecule has 2 heterocycles. The standard InChI is InChI=1S/C12H13N3S/c1-13-12-10-7-16-8-11(10)15(14-12)9-5-3-2-4-6-9/h2-6H,7-8H2,1H3,(H,13,14). The molecule has 0 saturated heterocycles. The summed E-state index contributed by atoms with van der Waals surface area (Å²) in [7, 11) is 1.93. The fourth-order valence-corrected chi connectivity index (χ4v) is 3.12. The maximum atomic E-state index is 4.61. The van der Waals surface area contributed by atoms with Crippen LogP contribution in [0.1, 0.15) is 11.3 Å². The van der Waals surface area contributed by atoms with Crippen LogP contribution >= 0.6 is 11.8 Å². The van der Waals surface area contributed by atoms with E-state index in [4.69, 9.17) is 0 Å². The lowest BCUT2D eigenvalue weighted by Gasteiger charge is -2.04. The van der Waals surface area contributed by atoms with Crippen LogP contribution in [-0.4, -0.2) is 16.8 Å². The molecule has 2 aromatic rings. The van der Waals surface area contributed by atoms with E-state index in [1.807, 2.05) is 37.0 Å². The van der Waals surface area contributed by atoms with E-state index in [1.54, 1.807) is 0 Å². The molecule has 0 aliphatic carbocycles. The second-order valence-electron chi connectivity index (χ2n) is 3.76. The predicted molar refractivity (Wildman–Crippen MR) is 68.1 cm³/mol. The Hall–Kier alpha value is -1.42. The van der Waals surface area contributed by atoms with Crippen molar-refractivity contribution in [2.45, 2.75) is 11.5 Å². The summed E-state index contributed by atoms with van der Waals surface area (Å²) in [6, 6.07) is 10.3. The zero-order valence-electron chi connectivity index (χ0n) is 9.10. The van der Waals surface area contributed by atoms with E-state index in [0.717, 1.165) is 23.0 Å². The van der Waals surface area contributed by atoms with Crippen LogP contribution in [0.15, 0.2) is 30.3 Å². The number of hydrogen-bond donors (Lipinski definition) is 1. The molecule has 1 aromatic heterocycles.